The number of β-amino-alcohol motifs (C(OH)–C–C–N with tert-alkyl or cyclic N) is 2. The minimum Gasteiger partial charge on any atom is -0.391 e. The largest absolute Gasteiger partial charge is 0.391 e. The molecule has 35 heavy (non-hydrogen) atoms. The number of aliphatic hydroxyl groups excluding tert-OH is 2. The third-order valence-electron chi connectivity index (χ3n) is 5.44. The summed E-state index contributed by atoms with van der Waals surface area (Å²) in [6.45, 7) is 0.449. The summed E-state index contributed by atoms with van der Waals surface area (Å²) in [5, 5.41) is 20.2. The highest BCUT2D eigenvalue weighted by Gasteiger charge is 2.32. The van der Waals surface area contributed by atoms with Gasteiger partial charge in [-0.2, -0.15) is 0 Å². The predicted molar refractivity (Wildman–Crippen MR) is 119 cm³/mol. The van der Waals surface area contributed by atoms with Gasteiger partial charge in [0.2, 0.25) is 0 Å². The third kappa shape index (κ3) is 8.91. The van der Waals surface area contributed by atoms with Crippen LogP contribution < -0.4 is 0 Å². The zero-order valence-corrected chi connectivity index (χ0v) is 19.7. The first-order valence-corrected chi connectivity index (χ1v) is 11.1. The SMILES string of the molecule is [CH]OCC(COC)(COCCC(O)CN1C(=O)C=CC1=O)COCCC(O)CN1C(=O)C=CC1=O. The molecule has 2 heterocycles. The molecule has 2 unspecified atom stereocenters. The van der Waals surface area contributed by atoms with Gasteiger partial charge in [-0.05, 0) is 12.8 Å². The average molecular weight is 497 g/mol. The van der Waals surface area contributed by atoms with Crippen LogP contribution in [0.3, 0.4) is 0 Å². The maximum absolute atomic E-state index is 11.6. The van der Waals surface area contributed by atoms with Crippen LogP contribution in [-0.4, -0.2) is 116 Å². The number of nitrogens with zero attached hydrogens (tertiary/aromatic N) is 2. The molecule has 2 N–H and O–H groups in total. The summed E-state index contributed by atoms with van der Waals surface area (Å²) in [5.74, 6) is -1.86. The summed E-state index contributed by atoms with van der Waals surface area (Å²) in [4.78, 5) is 48.2. The van der Waals surface area contributed by atoms with E-state index in [-0.39, 0.29) is 65.6 Å². The molecule has 2 atom stereocenters. The van der Waals surface area contributed by atoms with Crippen molar-refractivity contribution in [2.45, 2.75) is 25.0 Å². The minimum absolute atomic E-state index is 0.0385. The molecule has 194 valence electrons. The molecule has 0 aromatic heterocycles. The molecule has 0 aromatic carbocycles. The molecule has 2 radical (unpaired) electrons. The van der Waals surface area contributed by atoms with Crippen LogP contribution in [0, 0.1) is 12.5 Å². The van der Waals surface area contributed by atoms with E-state index >= 15 is 0 Å². The minimum atomic E-state index is -0.951. The average Bonchev–Trinajstić information content (AvgIpc) is 3.30. The van der Waals surface area contributed by atoms with Gasteiger partial charge in [0.25, 0.3) is 23.6 Å². The molecule has 0 saturated heterocycles. The zero-order chi connectivity index (χ0) is 25.8. The highest BCUT2D eigenvalue weighted by Crippen LogP contribution is 2.21. The van der Waals surface area contributed by atoms with E-state index in [4.69, 9.17) is 26.1 Å². The molecular formula is C23H32N2O10. The van der Waals surface area contributed by atoms with Crippen LogP contribution in [0.25, 0.3) is 0 Å². The molecule has 0 fully saturated rings. The van der Waals surface area contributed by atoms with Gasteiger partial charge in [-0.25, -0.2) is 0 Å². The van der Waals surface area contributed by atoms with Crippen molar-refractivity contribution in [1.82, 2.24) is 9.80 Å². The number of imide groups is 2. The fourth-order valence-corrected chi connectivity index (χ4v) is 3.58. The highest BCUT2D eigenvalue weighted by molar-refractivity contribution is 6.13. The number of hydrogen-bond donors (Lipinski definition) is 2. The lowest BCUT2D eigenvalue weighted by Crippen LogP contribution is -2.42. The van der Waals surface area contributed by atoms with E-state index in [1.165, 1.54) is 7.11 Å². The molecule has 2 aliphatic heterocycles. The number of hydrogen-bond acceptors (Lipinski definition) is 10. The molecule has 12 nitrogen and oxygen atoms in total. The van der Waals surface area contributed by atoms with Crippen LogP contribution in [0.1, 0.15) is 12.8 Å². The van der Waals surface area contributed by atoms with Crippen LogP contribution in [0.5, 0.6) is 0 Å². The van der Waals surface area contributed by atoms with Gasteiger partial charge < -0.3 is 29.2 Å². The van der Waals surface area contributed by atoms with Gasteiger partial charge in [0, 0.05) is 44.6 Å². The second kappa shape index (κ2) is 14.2. The summed E-state index contributed by atoms with van der Waals surface area (Å²) >= 11 is 0. The first kappa shape index (κ1) is 28.8. The predicted octanol–water partition coefficient (Wildman–Crippen LogP) is -1.31. The Bertz CT molecular complexity index is 710. The van der Waals surface area contributed by atoms with Gasteiger partial charge in [-0.15, -0.1) is 0 Å². The van der Waals surface area contributed by atoms with Crippen molar-refractivity contribution in [3.8, 4) is 0 Å². The van der Waals surface area contributed by atoms with Crippen molar-refractivity contribution >= 4 is 23.6 Å². The Morgan fingerprint density at radius 1 is 0.771 bits per heavy atom. The van der Waals surface area contributed by atoms with Crippen molar-refractivity contribution in [3.63, 3.8) is 0 Å². The first-order chi connectivity index (χ1) is 16.7. The molecular weight excluding hydrogens is 464 g/mol. The van der Waals surface area contributed by atoms with Gasteiger partial charge in [0.15, 0.2) is 0 Å². The van der Waals surface area contributed by atoms with Crippen LogP contribution in [0.2, 0.25) is 0 Å². The molecule has 0 spiro atoms. The Morgan fingerprint density at radius 2 is 1.17 bits per heavy atom. The lowest BCUT2D eigenvalue weighted by Gasteiger charge is -2.32. The van der Waals surface area contributed by atoms with Gasteiger partial charge in [-0.1, -0.05) is 0 Å². The van der Waals surface area contributed by atoms with E-state index < -0.39 is 41.3 Å². The lowest BCUT2D eigenvalue weighted by atomic mass is 9.92. The Kier molecular flexibility index (Phi) is 11.6. The van der Waals surface area contributed by atoms with Crippen LogP contribution in [0.4, 0.5) is 0 Å². The van der Waals surface area contributed by atoms with E-state index in [0.717, 1.165) is 34.1 Å². The molecule has 4 amide bonds. The number of rotatable bonds is 18. The summed E-state index contributed by atoms with van der Waals surface area (Å²) < 4.78 is 21.5. The van der Waals surface area contributed by atoms with Crippen molar-refractivity contribution in [2.24, 2.45) is 5.41 Å². The summed E-state index contributed by atoms with van der Waals surface area (Å²) in [7, 11) is 6.78. The van der Waals surface area contributed by atoms with Crippen LogP contribution in [-0.2, 0) is 38.1 Å². The van der Waals surface area contributed by atoms with Gasteiger partial charge in [0.05, 0.1) is 57.1 Å². The monoisotopic (exact) mass is 496 g/mol. The van der Waals surface area contributed by atoms with Crippen LogP contribution >= 0.6 is 0 Å². The number of aliphatic hydroxyl groups is 2. The number of ether oxygens (including phenoxy) is 4. The summed E-state index contributed by atoms with van der Waals surface area (Å²) in [5.41, 5.74) is -0.783. The topological polar surface area (TPSA) is 152 Å². The van der Waals surface area contributed by atoms with E-state index in [9.17, 15) is 29.4 Å². The second-order valence-corrected chi connectivity index (χ2v) is 8.48. The van der Waals surface area contributed by atoms with Crippen molar-refractivity contribution in [2.75, 3.05) is 59.8 Å². The normalized spacial score (nSPS) is 17.8. The molecule has 0 bridgehead atoms. The van der Waals surface area contributed by atoms with Gasteiger partial charge in [-0.3, -0.25) is 29.0 Å². The van der Waals surface area contributed by atoms with Gasteiger partial charge in [0.1, 0.15) is 7.11 Å². The standard InChI is InChI=1S/C23H32N2O10/c1-32-13-23(14-33-2,15-34-9-7-17(26)11-24-19(28)3-4-20(24)29)16-35-10-8-18(27)12-25-21(30)5-6-22(25)31/h1,3-6,17-18,26-27H,7-16H2,2H3. The number of carbonyl (C=O) groups is 4. The quantitative estimate of drug-likeness (QED) is 0.173. The Balaban J connectivity index is 1.73. The summed E-state index contributed by atoms with van der Waals surface area (Å²) in [6, 6.07) is 0. The summed E-state index contributed by atoms with van der Waals surface area (Å²) in [6.07, 6.45) is 3.07. The van der Waals surface area contributed by atoms with E-state index in [0.29, 0.717) is 0 Å². The molecule has 12 heteroatoms. The Morgan fingerprint density at radius 3 is 1.51 bits per heavy atom. The van der Waals surface area contributed by atoms with Gasteiger partial charge >= 0.3 is 0 Å². The Labute approximate surface area is 204 Å². The van der Waals surface area contributed by atoms with E-state index in [1.54, 1.807) is 0 Å². The number of methoxy groups -OCH3 is 1. The van der Waals surface area contributed by atoms with E-state index in [2.05, 4.69) is 0 Å². The van der Waals surface area contributed by atoms with Crippen molar-refractivity contribution in [1.29, 1.82) is 0 Å². The molecule has 0 aromatic rings. The maximum Gasteiger partial charge on any atom is 0.253 e. The van der Waals surface area contributed by atoms with E-state index in [1.807, 2.05) is 0 Å². The lowest BCUT2D eigenvalue weighted by molar-refractivity contribution is -0.140. The second-order valence-electron chi connectivity index (χ2n) is 8.48. The highest BCUT2D eigenvalue weighted by atomic mass is 16.5. The smallest absolute Gasteiger partial charge is 0.253 e. The first-order valence-electron chi connectivity index (χ1n) is 11.1. The molecule has 2 rings (SSSR count). The zero-order valence-electron chi connectivity index (χ0n) is 19.7. The third-order valence-corrected chi connectivity index (χ3v) is 5.44. The molecule has 0 saturated carbocycles. The fourth-order valence-electron chi connectivity index (χ4n) is 3.58. The molecule has 0 aliphatic carbocycles. The molecule has 2 aliphatic rings. The Hall–Kier alpha value is -2.48. The maximum atomic E-state index is 11.6. The number of amides is 4. The van der Waals surface area contributed by atoms with Crippen LogP contribution in [0.15, 0.2) is 24.3 Å². The fraction of sp³-hybridized carbons (Fsp3) is 0.609. The number of carbonyl (C=O) groups excluding carboxylic acids is 4. The van der Waals surface area contributed by atoms with Crippen molar-refractivity contribution in [3.05, 3.63) is 31.4 Å². The van der Waals surface area contributed by atoms with Crippen molar-refractivity contribution < 1.29 is 48.3 Å².